The summed E-state index contributed by atoms with van der Waals surface area (Å²) in [5.41, 5.74) is 0.404. The molecule has 3 nitrogen and oxygen atoms in total. The monoisotopic (exact) mass is 253 g/mol. The van der Waals surface area contributed by atoms with Gasteiger partial charge in [-0.1, -0.05) is 0 Å². The second-order valence-electron chi connectivity index (χ2n) is 4.93. The summed E-state index contributed by atoms with van der Waals surface area (Å²) in [4.78, 5) is 15.9. The van der Waals surface area contributed by atoms with Crippen LogP contribution in [0.2, 0.25) is 0 Å². The molecule has 0 bridgehead atoms. The summed E-state index contributed by atoms with van der Waals surface area (Å²) in [6.45, 7) is 9.16. The molecule has 0 saturated carbocycles. The summed E-state index contributed by atoms with van der Waals surface area (Å²) >= 11 is 1.63. The van der Waals surface area contributed by atoms with Gasteiger partial charge in [0.15, 0.2) is 5.78 Å². The van der Waals surface area contributed by atoms with Crippen LogP contribution in [0, 0.1) is 6.92 Å². The number of Topliss-reactive ketones (excluding diaryl/α,β-unsaturated/α-hetero) is 1. The smallest absolute Gasteiger partial charge is 0.183 e. The van der Waals surface area contributed by atoms with Gasteiger partial charge in [0.05, 0.1) is 18.8 Å². The molecule has 1 aromatic rings. The van der Waals surface area contributed by atoms with E-state index in [-0.39, 0.29) is 5.78 Å². The van der Waals surface area contributed by atoms with Crippen molar-refractivity contribution in [1.29, 1.82) is 0 Å². The Kier molecular flexibility index (Phi) is 3.66. The molecule has 1 aliphatic rings. The van der Waals surface area contributed by atoms with E-state index in [1.54, 1.807) is 11.3 Å². The normalized spacial score (nSPS) is 18.3. The molecule has 0 aromatic carbocycles. The molecule has 0 amide bonds. The van der Waals surface area contributed by atoms with Crippen molar-refractivity contribution in [2.24, 2.45) is 0 Å². The van der Waals surface area contributed by atoms with Crippen molar-refractivity contribution in [2.75, 3.05) is 26.3 Å². The van der Waals surface area contributed by atoms with E-state index in [0.29, 0.717) is 0 Å². The van der Waals surface area contributed by atoms with E-state index >= 15 is 0 Å². The SMILES string of the molecule is Cc1cc(C(=O)C(C)(C)N2CCOCC2)cs1. The molecule has 0 spiro atoms. The van der Waals surface area contributed by atoms with Crippen LogP contribution in [0.3, 0.4) is 0 Å². The number of ether oxygens (including phenoxy) is 1. The number of hydrogen-bond acceptors (Lipinski definition) is 4. The van der Waals surface area contributed by atoms with Gasteiger partial charge in [-0.05, 0) is 26.8 Å². The first kappa shape index (κ1) is 12.7. The molecular weight excluding hydrogens is 234 g/mol. The summed E-state index contributed by atoms with van der Waals surface area (Å²) in [7, 11) is 0. The summed E-state index contributed by atoms with van der Waals surface area (Å²) < 4.78 is 5.33. The minimum atomic E-state index is -0.433. The Morgan fingerprint density at radius 3 is 2.59 bits per heavy atom. The maximum atomic E-state index is 12.5. The van der Waals surface area contributed by atoms with E-state index in [1.807, 2.05) is 32.2 Å². The van der Waals surface area contributed by atoms with Crippen LogP contribution < -0.4 is 0 Å². The Hall–Kier alpha value is -0.710. The number of carbonyl (C=O) groups is 1. The van der Waals surface area contributed by atoms with E-state index in [1.165, 1.54) is 4.88 Å². The van der Waals surface area contributed by atoms with E-state index in [9.17, 15) is 4.79 Å². The van der Waals surface area contributed by atoms with Crippen LogP contribution >= 0.6 is 11.3 Å². The summed E-state index contributed by atoms with van der Waals surface area (Å²) in [5, 5.41) is 1.96. The summed E-state index contributed by atoms with van der Waals surface area (Å²) in [5.74, 6) is 0.212. The van der Waals surface area contributed by atoms with Crippen molar-refractivity contribution in [1.82, 2.24) is 4.90 Å². The van der Waals surface area contributed by atoms with Gasteiger partial charge in [-0.3, -0.25) is 9.69 Å². The Balaban J connectivity index is 2.16. The molecule has 1 aliphatic heterocycles. The van der Waals surface area contributed by atoms with Crippen molar-refractivity contribution < 1.29 is 9.53 Å². The predicted octanol–water partition coefficient (Wildman–Crippen LogP) is 2.35. The molecule has 0 atom stereocenters. The standard InChI is InChI=1S/C13H19NO2S/c1-10-8-11(9-17-10)12(15)13(2,3)14-4-6-16-7-5-14/h8-9H,4-7H2,1-3H3. The Morgan fingerprint density at radius 1 is 1.41 bits per heavy atom. The quantitative estimate of drug-likeness (QED) is 0.774. The van der Waals surface area contributed by atoms with Gasteiger partial charge in [0, 0.05) is 28.9 Å². The highest BCUT2D eigenvalue weighted by Crippen LogP contribution is 2.24. The van der Waals surface area contributed by atoms with E-state index < -0.39 is 5.54 Å². The van der Waals surface area contributed by atoms with Gasteiger partial charge in [0.2, 0.25) is 0 Å². The Morgan fingerprint density at radius 2 is 2.06 bits per heavy atom. The molecule has 1 aromatic heterocycles. The third kappa shape index (κ3) is 2.59. The number of morpholine rings is 1. The second kappa shape index (κ2) is 4.88. The molecule has 17 heavy (non-hydrogen) atoms. The first-order valence-electron chi connectivity index (χ1n) is 5.94. The predicted molar refractivity (Wildman–Crippen MR) is 69.9 cm³/mol. The maximum absolute atomic E-state index is 12.5. The number of nitrogens with zero attached hydrogens (tertiary/aromatic N) is 1. The largest absolute Gasteiger partial charge is 0.379 e. The molecule has 1 fully saturated rings. The average molecular weight is 253 g/mol. The lowest BCUT2D eigenvalue weighted by Gasteiger charge is -2.39. The fourth-order valence-corrected chi connectivity index (χ4v) is 2.86. The van der Waals surface area contributed by atoms with Gasteiger partial charge >= 0.3 is 0 Å². The summed E-state index contributed by atoms with van der Waals surface area (Å²) in [6.07, 6.45) is 0. The first-order valence-corrected chi connectivity index (χ1v) is 6.82. The zero-order valence-electron chi connectivity index (χ0n) is 10.7. The number of ketones is 1. The minimum absolute atomic E-state index is 0.212. The lowest BCUT2D eigenvalue weighted by molar-refractivity contribution is -0.00428. The van der Waals surface area contributed by atoms with Gasteiger partial charge in [-0.25, -0.2) is 0 Å². The number of rotatable bonds is 3. The molecule has 2 heterocycles. The molecule has 0 aliphatic carbocycles. The van der Waals surface area contributed by atoms with Crippen LogP contribution in [0.4, 0.5) is 0 Å². The van der Waals surface area contributed by atoms with Crippen molar-refractivity contribution in [3.63, 3.8) is 0 Å². The van der Waals surface area contributed by atoms with Crippen LogP contribution in [-0.4, -0.2) is 42.5 Å². The topological polar surface area (TPSA) is 29.5 Å². The van der Waals surface area contributed by atoms with Crippen molar-refractivity contribution >= 4 is 17.1 Å². The Labute approximate surface area is 106 Å². The van der Waals surface area contributed by atoms with E-state index in [4.69, 9.17) is 4.74 Å². The van der Waals surface area contributed by atoms with Crippen LogP contribution in [0.25, 0.3) is 0 Å². The lowest BCUT2D eigenvalue weighted by atomic mass is 9.92. The average Bonchev–Trinajstić information content (AvgIpc) is 2.76. The van der Waals surface area contributed by atoms with Gasteiger partial charge < -0.3 is 4.74 Å². The molecule has 2 rings (SSSR count). The zero-order valence-corrected chi connectivity index (χ0v) is 11.5. The molecular formula is C13H19NO2S. The Bertz CT molecular complexity index is 405. The molecule has 0 unspecified atom stereocenters. The molecule has 0 N–H and O–H groups in total. The van der Waals surface area contributed by atoms with Gasteiger partial charge in [-0.2, -0.15) is 0 Å². The lowest BCUT2D eigenvalue weighted by Crippen LogP contribution is -2.54. The maximum Gasteiger partial charge on any atom is 0.183 e. The zero-order chi connectivity index (χ0) is 12.5. The third-order valence-corrected chi connectivity index (χ3v) is 4.21. The van der Waals surface area contributed by atoms with Crippen LogP contribution in [-0.2, 0) is 4.74 Å². The summed E-state index contributed by atoms with van der Waals surface area (Å²) in [6, 6.07) is 1.98. The second-order valence-corrected chi connectivity index (χ2v) is 6.05. The van der Waals surface area contributed by atoms with Gasteiger partial charge in [-0.15, -0.1) is 11.3 Å². The van der Waals surface area contributed by atoms with Crippen LogP contribution in [0.1, 0.15) is 29.1 Å². The van der Waals surface area contributed by atoms with E-state index in [2.05, 4.69) is 4.90 Å². The number of hydrogen-bond donors (Lipinski definition) is 0. The van der Waals surface area contributed by atoms with Gasteiger partial charge in [0.25, 0.3) is 0 Å². The van der Waals surface area contributed by atoms with Gasteiger partial charge in [0.1, 0.15) is 0 Å². The number of thiophene rings is 1. The van der Waals surface area contributed by atoms with Crippen molar-refractivity contribution in [3.05, 3.63) is 21.9 Å². The minimum Gasteiger partial charge on any atom is -0.379 e. The fraction of sp³-hybridized carbons (Fsp3) is 0.615. The van der Waals surface area contributed by atoms with Crippen LogP contribution in [0.15, 0.2) is 11.4 Å². The third-order valence-electron chi connectivity index (χ3n) is 3.35. The highest BCUT2D eigenvalue weighted by Gasteiger charge is 2.36. The van der Waals surface area contributed by atoms with Crippen molar-refractivity contribution in [3.8, 4) is 0 Å². The first-order chi connectivity index (χ1) is 8.01. The van der Waals surface area contributed by atoms with E-state index in [0.717, 1.165) is 31.9 Å². The molecule has 94 valence electrons. The highest BCUT2D eigenvalue weighted by molar-refractivity contribution is 7.10. The number of aryl methyl sites for hydroxylation is 1. The number of carbonyl (C=O) groups excluding carboxylic acids is 1. The molecule has 1 saturated heterocycles. The fourth-order valence-electron chi connectivity index (χ4n) is 2.18. The molecule has 4 heteroatoms. The molecule has 0 radical (unpaired) electrons. The van der Waals surface area contributed by atoms with Crippen molar-refractivity contribution in [2.45, 2.75) is 26.3 Å². The van der Waals surface area contributed by atoms with Crippen LogP contribution in [0.5, 0.6) is 0 Å². The highest BCUT2D eigenvalue weighted by atomic mass is 32.1.